The Labute approximate surface area is 170 Å². The number of rotatable bonds is 4. The second-order valence-electron chi connectivity index (χ2n) is 8.59. The van der Waals surface area contributed by atoms with Crippen LogP contribution in [0.2, 0.25) is 0 Å². The highest BCUT2D eigenvalue weighted by molar-refractivity contribution is 5.95. The normalized spacial score (nSPS) is 18.8. The van der Waals surface area contributed by atoms with E-state index in [4.69, 9.17) is 14.9 Å². The van der Waals surface area contributed by atoms with Gasteiger partial charge in [0.25, 0.3) is 0 Å². The molecule has 2 aromatic rings. The van der Waals surface area contributed by atoms with Crippen molar-refractivity contribution in [2.45, 2.75) is 33.4 Å². The van der Waals surface area contributed by atoms with Gasteiger partial charge in [-0.1, -0.05) is 46.1 Å². The molecule has 29 heavy (non-hydrogen) atoms. The number of benzene rings is 1. The first-order chi connectivity index (χ1) is 13.7. The number of nitrogens with zero attached hydrogens (tertiary/aromatic N) is 3. The summed E-state index contributed by atoms with van der Waals surface area (Å²) >= 11 is 0. The minimum atomic E-state index is -0.0482. The zero-order valence-electron chi connectivity index (χ0n) is 17.1. The molecule has 1 aromatic heterocycles. The Morgan fingerprint density at radius 2 is 2.10 bits per heavy atom. The molecule has 3 heterocycles. The summed E-state index contributed by atoms with van der Waals surface area (Å²) in [6, 6.07) is 5.97. The van der Waals surface area contributed by atoms with E-state index in [1.165, 1.54) is 0 Å². The Balaban J connectivity index is 1.93. The van der Waals surface area contributed by atoms with Crippen molar-refractivity contribution in [3.8, 4) is 5.75 Å². The molecule has 0 saturated heterocycles. The Kier molecular flexibility index (Phi) is 4.54. The van der Waals surface area contributed by atoms with Crippen LogP contribution in [0.25, 0.3) is 16.6 Å². The topological polar surface area (TPSA) is 70.8 Å². The molecule has 2 aliphatic rings. The molecule has 0 spiro atoms. The lowest BCUT2D eigenvalue weighted by atomic mass is 9.82. The molecular weight excluding hydrogens is 366 g/mol. The third-order valence-corrected chi connectivity index (χ3v) is 5.52. The summed E-state index contributed by atoms with van der Waals surface area (Å²) in [4.78, 5) is 2.21. The predicted octanol–water partition coefficient (Wildman–Crippen LogP) is 4.00. The molecule has 2 aliphatic heterocycles. The fourth-order valence-corrected chi connectivity index (χ4v) is 4.06. The summed E-state index contributed by atoms with van der Waals surface area (Å²) in [6.45, 7) is 15.3. The zero-order chi connectivity index (χ0) is 20.9. The van der Waals surface area contributed by atoms with Crippen LogP contribution in [0.1, 0.15) is 26.5 Å². The van der Waals surface area contributed by atoms with Gasteiger partial charge in [-0.2, -0.15) is 5.10 Å². The van der Waals surface area contributed by atoms with Gasteiger partial charge in [0, 0.05) is 17.2 Å². The van der Waals surface area contributed by atoms with E-state index in [9.17, 15) is 5.11 Å². The van der Waals surface area contributed by atoms with E-state index in [2.05, 4.69) is 38.8 Å². The molecule has 1 unspecified atom stereocenters. The average molecular weight is 393 g/mol. The number of aliphatic hydroxyl groups is 2. The third kappa shape index (κ3) is 3.13. The number of ether oxygens (including phenoxy) is 1. The van der Waals surface area contributed by atoms with Crippen molar-refractivity contribution < 1.29 is 14.9 Å². The molecule has 4 rings (SSSR count). The molecule has 152 valence electrons. The molecule has 0 aliphatic carbocycles. The summed E-state index contributed by atoms with van der Waals surface area (Å²) in [6.07, 6.45) is 3.94. The molecule has 0 bridgehead atoms. The van der Waals surface area contributed by atoms with Crippen LogP contribution >= 0.6 is 0 Å². The smallest absolute Gasteiger partial charge is 0.147 e. The standard InChI is InChI=1S/C23H27N3O3/c1-14-11-18-22-16-7-6-8-19(29-10-9-27)21(16)24-26(22)13-20(23(3,4)5)25(18)12-17(14)15(2)28/h6-8,11-12,20,27-28H,1-2,9-10,13H2,3-5H3. The molecule has 6 nitrogen and oxygen atoms in total. The van der Waals surface area contributed by atoms with Gasteiger partial charge in [-0.05, 0) is 23.1 Å². The summed E-state index contributed by atoms with van der Waals surface area (Å²) in [5, 5.41) is 25.0. The summed E-state index contributed by atoms with van der Waals surface area (Å²) < 4.78 is 7.75. The quantitative estimate of drug-likeness (QED) is 0.768. The van der Waals surface area contributed by atoms with Crippen LogP contribution in [0.3, 0.4) is 0 Å². The van der Waals surface area contributed by atoms with Gasteiger partial charge < -0.3 is 19.8 Å². The lowest BCUT2D eigenvalue weighted by molar-refractivity contribution is 0.156. The molecule has 1 atom stereocenters. The highest BCUT2D eigenvalue weighted by Crippen LogP contribution is 2.44. The van der Waals surface area contributed by atoms with Crippen LogP contribution in [0, 0.1) is 5.41 Å². The minimum Gasteiger partial charge on any atom is -0.508 e. The summed E-state index contributed by atoms with van der Waals surface area (Å²) in [5.74, 6) is 0.675. The van der Waals surface area contributed by atoms with Crippen LogP contribution in [0.15, 0.2) is 60.5 Å². The highest BCUT2D eigenvalue weighted by Gasteiger charge is 2.40. The lowest BCUT2D eigenvalue weighted by Crippen LogP contribution is -2.47. The van der Waals surface area contributed by atoms with E-state index >= 15 is 0 Å². The highest BCUT2D eigenvalue weighted by atomic mass is 16.5. The van der Waals surface area contributed by atoms with Crippen molar-refractivity contribution in [2.75, 3.05) is 13.2 Å². The van der Waals surface area contributed by atoms with Gasteiger partial charge >= 0.3 is 0 Å². The molecule has 0 fully saturated rings. The van der Waals surface area contributed by atoms with Crippen LogP contribution in [0.5, 0.6) is 5.75 Å². The zero-order valence-corrected chi connectivity index (χ0v) is 17.1. The maximum absolute atomic E-state index is 10.0. The van der Waals surface area contributed by atoms with Crippen LogP contribution in [-0.4, -0.2) is 44.1 Å². The van der Waals surface area contributed by atoms with E-state index in [0.717, 1.165) is 22.3 Å². The van der Waals surface area contributed by atoms with Crippen LogP contribution < -0.4 is 4.74 Å². The first-order valence-corrected chi connectivity index (χ1v) is 9.75. The number of aliphatic hydroxyl groups excluding tert-OH is 2. The minimum absolute atomic E-state index is 0.0154. The van der Waals surface area contributed by atoms with Gasteiger partial charge in [0.1, 0.15) is 23.6 Å². The fraction of sp³-hybridized carbons (Fsp3) is 0.348. The molecule has 1 aromatic carbocycles. The summed E-state index contributed by atoms with van der Waals surface area (Å²) in [5.41, 5.74) is 4.09. The number of hydrogen-bond acceptors (Lipinski definition) is 5. The van der Waals surface area contributed by atoms with Crippen molar-refractivity contribution >= 4 is 16.6 Å². The van der Waals surface area contributed by atoms with E-state index < -0.39 is 0 Å². The average Bonchev–Trinajstić information content (AvgIpc) is 3.03. The Morgan fingerprint density at radius 3 is 2.76 bits per heavy atom. The fourth-order valence-electron chi connectivity index (χ4n) is 4.06. The predicted molar refractivity (Wildman–Crippen MR) is 114 cm³/mol. The van der Waals surface area contributed by atoms with Gasteiger partial charge in [0.2, 0.25) is 0 Å². The maximum Gasteiger partial charge on any atom is 0.147 e. The molecule has 6 heteroatoms. The van der Waals surface area contributed by atoms with Crippen LogP contribution in [-0.2, 0) is 6.54 Å². The number of aromatic nitrogens is 2. The monoisotopic (exact) mass is 393 g/mol. The molecule has 0 amide bonds. The second-order valence-corrected chi connectivity index (χ2v) is 8.59. The Bertz CT molecular complexity index is 1070. The molecule has 2 N–H and O–H groups in total. The Hall–Kier alpha value is -2.99. The number of fused-ring (bicyclic) bond motifs is 5. The lowest BCUT2D eigenvalue weighted by Gasteiger charge is -2.46. The van der Waals surface area contributed by atoms with E-state index in [1.807, 2.05) is 35.2 Å². The van der Waals surface area contributed by atoms with Gasteiger partial charge in [-0.25, -0.2) is 0 Å². The Morgan fingerprint density at radius 1 is 1.34 bits per heavy atom. The van der Waals surface area contributed by atoms with E-state index in [0.29, 0.717) is 23.4 Å². The maximum atomic E-state index is 10.0. The largest absolute Gasteiger partial charge is 0.508 e. The SMILES string of the molecule is C=C(O)C1=CN2C(=CC1=C)c1c3cccc(OCCO)c3nn1CC2C(C)(C)C. The van der Waals surface area contributed by atoms with Gasteiger partial charge in [0.05, 0.1) is 30.6 Å². The molecule has 0 saturated carbocycles. The van der Waals surface area contributed by atoms with E-state index in [-0.39, 0.29) is 30.4 Å². The van der Waals surface area contributed by atoms with Crippen molar-refractivity contribution in [3.05, 3.63) is 66.2 Å². The molecule has 0 radical (unpaired) electrons. The van der Waals surface area contributed by atoms with Crippen molar-refractivity contribution in [1.29, 1.82) is 0 Å². The number of hydrogen-bond donors (Lipinski definition) is 2. The van der Waals surface area contributed by atoms with Crippen molar-refractivity contribution in [2.24, 2.45) is 5.41 Å². The van der Waals surface area contributed by atoms with Crippen molar-refractivity contribution in [3.63, 3.8) is 0 Å². The number of allylic oxidation sites excluding steroid dienone is 2. The van der Waals surface area contributed by atoms with E-state index in [1.54, 1.807) is 0 Å². The summed E-state index contributed by atoms with van der Waals surface area (Å²) in [7, 11) is 0. The third-order valence-electron chi connectivity index (χ3n) is 5.52. The van der Waals surface area contributed by atoms with Gasteiger partial charge in [-0.3, -0.25) is 4.68 Å². The second kappa shape index (κ2) is 6.81. The van der Waals surface area contributed by atoms with Gasteiger partial charge in [0.15, 0.2) is 0 Å². The first kappa shape index (κ1) is 19.3. The molecular formula is C23H27N3O3. The van der Waals surface area contributed by atoms with Gasteiger partial charge in [-0.15, -0.1) is 0 Å². The first-order valence-electron chi connectivity index (χ1n) is 9.75. The van der Waals surface area contributed by atoms with Crippen LogP contribution in [0.4, 0.5) is 0 Å². The van der Waals surface area contributed by atoms with Crippen molar-refractivity contribution in [1.82, 2.24) is 14.7 Å².